The van der Waals surface area contributed by atoms with Crippen LogP contribution in [0.1, 0.15) is 6.42 Å². The smallest absolute Gasteiger partial charge is 0.244 e. The molecule has 0 aliphatic carbocycles. The molecule has 1 saturated heterocycles. The lowest BCUT2D eigenvalue weighted by Crippen LogP contribution is -2.48. The van der Waals surface area contributed by atoms with Gasteiger partial charge in [0.2, 0.25) is 11.8 Å². The zero-order chi connectivity index (χ0) is 25.2. The highest BCUT2D eigenvalue weighted by molar-refractivity contribution is 5.89. The number of aryl methyl sites for hydroxylation is 1. The Morgan fingerprint density at radius 3 is 2.83 bits per heavy atom. The number of fused-ring (bicyclic) bond motifs is 2. The summed E-state index contributed by atoms with van der Waals surface area (Å²) in [6.45, 7) is 1.64. The summed E-state index contributed by atoms with van der Waals surface area (Å²) >= 11 is 0. The van der Waals surface area contributed by atoms with Gasteiger partial charge in [0, 0.05) is 26.7 Å². The van der Waals surface area contributed by atoms with Gasteiger partial charge in [-0.05, 0) is 24.1 Å². The number of hydrogen-bond donors (Lipinski definition) is 1. The van der Waals surface area contributed by atoms with Crippen molar-refractivity contribution >= 4 is 22.5 Å². The summed E-state index contributed by atoms with van der Waals surface area (Å²) in [6, 6.07) is 4.60. The van der Waals surface area contributed by atoms with E-state index in [0.29, 0.717) is 48.2 Å². The Morgan fingerprint density at radius 1 is 1.22 bits per heavy atom. The van der Waals surface area contributed by atoms with Crippen molar-refractivity contribution in [2.75, 3.05) is 52.5 Å². The summed E-state index contributed by atoms with van der Waals surface area (Å²) < 4.78 is 56.3. The summed E-state index contributed by atoms with van der Waals surface area (Å²) in [7, 11) is 3.05. The molecule has 0 saturated carbocycles. The van der Waals surface area contributed by atoms with Crippen LogP contribution in [0.3, 0.4) is 0 Å². The molecule has 0 unspecified atom stereocenters. The summed E-state index contributed by atoms with van der Waals surface area (Å²) in [5.41, 5.74) is 2.20. The van der Waals surface area contributed by atoms with Crippen LogP contribution in [0, 0.1) is 5.82 Å². The number of anilines is 1. The number of alkyl halides is 2. The Balaban J connectivity index is 1.46. The van der Waals surface area contributed by atoms with E-state index in [1.807, 2.05) is 4.90 Å². The van der Waals surface area contributed by atoms with Crippen molar-refractivity contribution in [3.05, 3.63) is 30.2 Å². The molecule has 10 nitrogen and oxygen atoms in total. The second-order valence-corrected chi connectivity index (χ2v) is 8.64. The van der Waals surface area contributed by atoms with Crippen molar-refractivity contribution in [1.29, 1.82) is 0 Å². The first-order chi connectivity index (χ1) is 17.5. The summed E-state index contributed by atoms with van der Waals surface area (Å²) in [5.74, 6) is -0.271. The van der Waals surface area contributed by atoms with Crippen LogP contribution in [0.4, 0.5) is 19.1 Å². The molecular weight excluding hydrogens is 477 g/mol. The molecule has 13 heteroatoms. The normalized spacial score (nSPS) is 18.8. The number of aromatic nitrogens is 6. The molecular formula is C23H27F3N8O2. The van der Waals surface area contributed by atoms with Gasteiger partial charge in [-0.25, -0.2) is 22.4 Å². The largest absolute Gasteiger partial charge is 0.479 e. The number of piperidine rings is 1. The highest BCUT2D eigenvalue weighted by Crippen LogP contribution is 2.35. The lowest BCUT2D eigenvalue weighted by Gasteiger charge is -2.34. The molecule has 3 aromatic heterocycles. The standard InChI is InChI=1S/C23H27F3N8O2/c1-35-10-9-32-7-5-17(15(25)12-32)27-23-28-22(36-2)21-20(16(26)13-34(21)30-23)14-3-4-18-19(11-14)33(8-6-24)31-29-18/h3-4,11,13,15,17H,5-10,12H2,1-2H3,(H,27,30)/t15-,17+/m1/s1. The predicted molar refractivity (Wildman–Crippen MR) is 127 cm³/mol. The van der Waals surface area contributed by atoms with E-state index in [-0.39, 0.29) is 30.5 Å². The van der Waals surface area contributed by atoms with E-state index in [4.69, 9.17) is 9.47 Å². The first-order valence-electron chi connectivity index (χ1n) is 11.7. The maximum Gasteiger partial charge on any atom is 0.244 e. The number of likely N-dealkylation sites (tertiary alicyclic amines) is 1. The van der Waals surface area contributed by atoms with Crippen molar-refractivity contribution < 1.29 is 22.6 Å². The van der Waals surface area contributed by atoms with Gasteiger partial charge in [0.25, 0.3) is 0 Å². The minimum absolute atomic E-state index is 0.0429. The molecule has 1 aliphatic heterocycles. The predicted octanol–water partition coefficient (Wildman–Crippen LogP) is 2.73. The topological polar surface area (TPSA) is 94.6 Å². The van der Waals surface area contributed by atoms with Crippen LogP contribution in [-0.4, -0.2) is 93.8 Å². The fourth-order valence-corrected chi connectivity index (χ4v) is 4.58. The molecule has 0 amide bonds. The number of rotatable bonds is 9. The Bertz CT molecular complexity index is 1360. The third-order valence-electron chi connectivity index (χ3n) is 6.40. The van der Waals surface area contributed by atoms with E-state index in [9.17, 15) is 8.78 Å². The Hall–Kier alpha value is -3.45. The molecule has 0 radical (unpaired) electrons. The molecule has 36 heavy (non-hydrogen) atoms. The van der Waals surface area contributed by atoms with Crippen LogP contribution in [-0.2, 0) is 11.3 Å². The average molecular weight is 505 g/mol. The third-order valence-corrected chi connectivity index (χ3v) is 6.40. The number of benzene rings is 1. The second-order valence-electron chi connectivity index (χ2n) is 8.64. The van der Waals surface area contributed by atoms with Crippen LogP contribution in [0.5, 0.6) is 5.88 Å². The summed E-state index contributed by atoms with van der Waals surface area (Å²) in [4.78, 5) is 6.41. The number of halogens is 3. The Labute approximate surface area is 205 Å². The van der Waals surface area contributed by atoms with E-state index >= 15 is 4.39 Å². The molecule has 2 atom stereocenters. The molecule has 4 heterocycles. The Kier molecular flexibility index (Phi) is 6.92. The minimum atomic E-state index is -1.13. The van der Waals surface area contributed by atoms with Crippen molar-refractivity contribution in [2.45, 2.75) is 25.2 Å². The Morgan fingerprint density at radius 2 is 2.08 bits per heavy atom. The number of nitrogens with zero attached hydrogens (tertiary/aromatic N) is 7. The molecule has 1 aromatic carbocycles. The molecule has 0 bridgehead atoms. The summed E-state index contributed by atoms with van der Waals surface area (Å²) in [6.07, 6.45) is 0.648. The molecule has 0 spiro atoms. The fourth-order valence-electron chi connectivity index (χ4n) is 4.58. The number of methoxy groups -OCH3 is 2. The quantitative estimate of drug-likeness (QED) is 0.372. The van der Waals surface area contributed by atoms with Crippen LogP contribution >= 0.6 is 0 Å². The highest BCUT2D eigenvalue weighted by Gasteiger charge is 2.30. The third kappa shape index (κ3) is 4.55. The highest BCUT2D eigenvalue weighted by atomic mass is 19.1. The molecule has 4 aromatic rings. The van der Waals surface area contributed by atoms with E-state index in [2.05, 4.69) is 25.7 Å². The van der Waals surface area contributed by atoms with Gasteiger partial charge in [0.1, 0.15) is 23.9 Å². The van der Waals surface area contributed by atoms with Gasteiger partial charge in [0.15, 0.2) is 5.82 Å². The SMILES string of the molecule is COCCN1CC[C@H](Nc2nc(OC)c3c(-c4ccc5nnn(CCF)c5c4)c(F)cn3n2)[C@H](F)C1. The number of nitrogens with one attached hydrogen (secondary N) is 1. The molecule has 5 rings (SSSR count). The second kappa shape index (κ2) is 10.3. The van der Waals surface area contributed by atoms with Gasteiger partial charge in [-0.15, -0.1) is 10.2 Å². The van der Waals surface area contributed by atoms with Crippen LogP contribution in [0.2, 0.25) is 0 Å². The van der Waals surface area contributed by atoms with Crippen LogP contribution < -0.4 is 10.1 Å². The van der Waals surface area contributed by atoms with E-state index in [1.165, 1.54) is 22.5 Å². The van der Waals surface area contributed by atoms with Gasteiger partial charge < -0.3 is 14.8 Å². The fraction of sp³-hybridized carbons (Fsp3) is 0.478. The lowest BCUT2D eigenvalue weighted by atomic mass is 10.0. The maximum atomic E-state index is 15.2. The minimum Gasteiger partial charge on any atom is -0.479 e. The van der Waals surface area contributed by atoms with E-state index in [0.717, 1.165) is 0 Å². The monoisotopic (exact) mass is 504 g/mol. The van der Waals surface area contributed by atoms with Crippen molar-refractivity contribution in [1.82, 2.24) is 34.5 Å². The van der Waals surface area contributed by atoms with Gasteiger partial charge >= 0.3 is 0 Å². The molecule has 1 fully saturated rings. The van der Waals surface area contributed by atoms with Crippen LogP contribution in [0.15, 0.2) is 24.4 Å². The number of ether oxygens (including phenoxy) is 2. The van der Waals surface area contributed by atoms with Crippen LogP contribution in [0.25, 0.3) is 27.7 Å². The first-order valence-corrected chi connectivity index (χ1v) is 11.7. The number of hydrogen-bond acceptors (Lipinski definition) is 8. The first kappa shape index (κ1) is 24.3. The van der Waals surface area contributed by atoms with Crippen molar-refractivity contribution in [3.8, 4) is 17.0 Å². The molecule has 192 valence electrons. The van der Waals surface area contributed by atoms with Crippen molar-refractivity contribution in [2.24, 2.45) is 0 Å². The summed E-state index contributed by atoms with van der Waals surface area (Å²) in [5, 5.41) is 15.4. The van der Waals surface area contributed by atoms with Crippen molar-refractivity contribution in [3.63, 3.8) is 0 Å². The lowest BCUT2D eigenvalue weighted by molar-refractivity contribution is 0.0918. The van der Waals surface area contributed by atoms with Gasteiger partial charge in [0.05, 0.1) is 43.6 Å². The van der Waals surface area contributed by atoms with Gasteiger partial charge in [-0.2, -0.15) is 4.98 Å². The van der Waals surface area contributed by atoms with E-state index < -0.39 is 24.7 Å². The average Bonchev–Trinajstić information content (AvgIpc) is 3.43. The maximum absolute atomic E-state index is 15.2. The van der Waals surface area contributed by atoms with Gasteiger partial charge in [-0.1, -0.05) is 11.3 Å². The molecule has 1 N–H and O–H groups in total. The molecule has 1 aliphatic rings. The zero-order valence-corrected chi connectivity index (χ0v) is 20.0. The zero-order valence-electron chi connectivity index (χ0n) is 20.0. The van der Waals surface area contributed by atoms with E-state index in [1.54, 1.807) is 25.3 Å². The van der Waals surface area contributed by atoms with Gasteiger partial charge in [-0.3, -0.25) is 4.90 Å².